The second kappa shape index (κ2) is 8.70. The predicted molar refractivity (Wildman–Crippen MR) is 109 cm³/mol. The van der Waals surface area contributed by atoms with Crippen molar-refractivity contribution >= 4 is 23.2 Å². The van der Waals surface area contributed by atoms with Crippen LogP contribution in [-0.4, -0.2) is 36.2 Å². The first-order valence-corrected chi connectivity index (χ1v) is 9.87. The molecule has 0 N–H and O–H groups in total. The van der Waals surface area contributed by atoms with E-state index in [1.165, 1.54) is 36.0 Å². The van der Waals surface area contributed by atoms with Crippen LogP contribution in [0.25, 0.3) is 11.4 Å². The third-order valence-corrected chi connectivity index (χ3v) is 5.23. The topological polar surface area (TPSA) is 117 Å². The number of pyridine rings is 1. The van der Waals surface area contributed by atoms with Crippen LogP contribution in [0, 0.1) is 10.1 Å². The highest BCUT2D eigenvalue weighted by Gasteiger charge is 2.18. The molecule has 0 aliphatic carbocycles. The standard InChI is InChI=1S/C20H15N5O4S/c26-18(14-5-7-16(8-6-14)25(27)28)13-30-20-23-22-19(15-3-1-9-21-11-15)24(20)12-17-4-2-10-29-17/h1-11H,12-13H2. The SMILES string of the molecule is O=C(CSc1nnc(-c2cccnc2)n1Cc1ccco1)c1ccc([N+](=O)[O-])cc1. The van der Waals surface area contributed by atoms with Crippen LogP contribution in [0.2, 0.25) is 0 Å². The summed E-state index contributed by atoms with van der Waals surface area (Å²) in [6, 6.07) is 12.9. The summed E-state index contributed by atoms with van der Waals surface area (Å²) in [6.07, 6.45) is 4.96. The van der Waals surface area contributed by atoms with E-state index in [9.17, 15) is 14.9 Å². The minimum Gasteiger partial charge on any atom is -0.467 e. The van der Waals surface area contributed by atoms with Gasteiger partial charge in [-0.2, -0.15) is 0 Å². The minimum atomic E-state index is -0.500. The van der Waals surface area contributed by atoms with E-state index in [0.717, 1.165) is 11.3 Å². The molecule has 0 bridgehead atoms. The van der Waals surface area contributed by atoms with Gasteiger partial charge in [-0.3, -0.25) is 24.5 Å². The lowest BCUT2D eigenvalue weighted by Crippen LogP contribution is -2.07. The molecule has 1 aromatic carbocycles. The van der Waals surface area contributed by atoms with Gasteiger partial charge in [0.05, 0.1) is 23.5 Å². The Morgan fingerprint density at radius 2 is 1.97 bits per heavy atom. The number of furan rings is 1. The van der Waals surface area contributed by atoms with Gasteiger partial charge in [0.2, 0.25) is 0 Å². The van der Waals surface area contributed by atoms with Crippen molar-refractivity contribution in [1.82, 2.24) is 19.7 Å². The Morgan fingerprint density at radius 1 is 1.13 bits per heavy atom. The monoisotopic (exact) mass is 421 g/mol. The number of hydrogen-bond donors (Lipinski definition) is 0. The highest BCUT2D eigenvalue weighted by Crippen LogP contribution is 2.25. The molecular formula is C20H15N5O4S. The quantitative estimate of drug-likeness (QED) is 0.182. The zero-order valence-corrected chi connectivity index (χ0v) is 16.4. The summed E-state index contributed by atoms with van der Waals surface area (Å²) in [7, 11) is 0. The smallest absolute Gasteiger partial charge is 0.269 e. The lowest BCUT2D eigenvalue weighted by Gasteiger charge is -2.08. The maximum Gasteiger partial charge on any atom is 0.269 e. The average molecular weight is 421 g/mol. The summed E-state index contributed by atoms with van der Waals surface area (Å²) in [6.45, 7) is 0.401. The van der Waals surface area contributed by atoms with E-state index in [0.29, 0.717) is 23.1 Å². The van der Waals surface area contributed by atoms with Crippen LogP contribution in [0.15, 0.2) is 76.8 Å². The third kappa shape index (κ3) is 4.28. The van der Waals surface area contributed by atoms with Gasteiger partial charge in [-0.1, -0.05) is 11.8 Å². The number of rotatable bonds is 8. The maximum absolute atomic E-state index is 12.5. The van der Waals surface area contributed by atoms with Crippen LogP contribution in [0.5, 0.6) is 0 Å². The number of Topliss-reactive ketones (excluding diaryl/α,β-unsaturated/α-hetero) is 1. The van der Waals surface area contributed by atoms with Crippen molar-refractivity contribution < 1.29 is 14.1 Å². The fraction of sp³-hybridized carbons (Fsp3) is 0.100. The van der Waals surface area contributed by atoms with Crippen molar-refractivity contribution in [2.75, 3.05) is 5.75 Å². The van der Waals surface area contributed by atoms with Gasteiger partial charge < -0.3 is 4.42 Å². The van der Waals surface area contributed by atoms with Crippen LogP contribution in [-0.2, 0) is 6.54 Å². The molecule has 0 aliphatic heterocycles. The highest BCUT2D eigenvalue weighted by atomic mass is 32.2. The molecule has 30 heavy (non-hydrogen) atoms. The Morgan fingerprint density at radius 3 is 2.63 bits per heavy atom. The molecule has 9 nitrogen and oxygen atoms in total. The number of nitrogens with zero attached hydrogens (tertiary/aromatic N) is 5. The molecule has 4 rings (SSSR count). The zero-order valence-electron chi connectivity index (χ0n) is 15.5. The summed E-state index contributed by atoms with van der Waals surface area (Å²) in [5, 5.41) is 19.8. The number of aromatic nitrogens is 4. The summed E-state index contributed by atoms with van der Waals surface area (Å²) in [4.78, 5) is 26.9. The van der Waals surface area contributed by atoms with Gasteiger partial charge in [0.15, 0.2) is 16.8 Å². The minimum absolute atomic E-state index is 0.0569. The van der Waals surface area contributed by atoms with Gasteiger partial charge in [-0.05, 0) is 36.4 Å². The van der Waals surface area contributed by atoms with E-state index in [4.69, 9.17) is 4.42 Å². The van der Waals surface area contributed by atoms with Crippen LogP contribution < -0.4 is 0 Å². The Hall–Kier alpha value is -3.79. The van der Waals surface area contributed by atoms with Crippen molar-refractivity contribution in [3.05, 3.63) is 88.6 Å². The molecule has 10 heteroatoms. The number of hydrogen-bond acceptors (Lipinski definition) is 8. The molecule has 3 aromatic heterocycles. The van der Waals surface area contributed by atoms with Gasteiger partial charge in [0.25, 0.3) is 5.69 Å². The zero-order chi connectivity index (χ0) is 20.9. The van der Waals surface area contributed by atoms with Gasteiger partial charge in [-0.15, -0.1) is 10.2 Å². The lowest BCUT2D eigenvalue weighted by molar-refractivity contribution is -0.384. The first-order chi connectivity index (χ1) is 14.6. The number of benzene rings is 1. The molecule has 0 saturated carbocycles. The number of thioether (sulfide) groups is 1. The van der Waals surface area contributed by atoms with Crippen molar-refractivity contribution in [2.45, 2.75) is 11.7 Å². The molecule has 150 valence electrons. The van der Waals surface area contributed by atoms with Gasteiger partial charge in [-0.25, -0.2) is 0 Å². The van der Waals surface area contributed by atoms with E-state index < -0.39 is 4.92 Å². The molecule has 0 atom stereocenters. The van der Waals surface area contributed by atoms with Gasteiger partial charge in [0.1, 0.15) is 5.76 Å². The molecule has 0 unspecified atom stereocenters. The van der Waals surface area contributed by atoms with Gasteiger partial charge >= 0.3 is 0 Å². The van der Waals surface area contributed by atoms with Crippen molar-refractivity contribution in [2.24, 2.45) is 0 Å². The Kier molecular flexibility index (Phi) is 5.66. The number of ketones is 1. The number of nitro benzene ring substituents is 1. The molecule has 0 saturated heterocycles. The maximum atomic E-state index is 12.5. The number of carbonyl (C=O) groups is 1. The predicted octanol–water partition coefficient (Wildman–Crippen LogP) is 3.86. The molecule has 3 heterocycles. The lowest BCUT2D eigenvalue weighted by atomic mass is 10.1. The second-order valence-electron chi connectivity index (χ2n) is 6.23. The molecule has 4 aromatic rings. The molecule has 0 amide bonds. The molecule has 0 aliphatic rings. The first kappa shape index (κ1) is 19.5. The third-order valence-electron chi connectivity index (χ3n) is 4.26. The van der Waals surface area contributed by atoms with E-state index in [-0.39, 0.29) is 17.2 Å². The fourth-order valence-electron chi connectivity index (χ4n) is 2.79. The largest absolute Gasteiger partial charge is 0.467 e. The Balaban J connectivity index is 1.55. The van der Waals surface area contributed by atoms with Gasteiger partial charge in [0, 0.05) is 35.7 Å². The summed E-state index contributed by atoms with van der Waals surface area (Å²) >= 11 is 1.24. The van der Waals surface area contributed by atoms with Crippen LogP contribution in [0.4, 0.5) is 5.69 Å². The Labute approximate surface area is 174 Å². The van der Waals surface area contributed by atoms with Crippen molar-refractivity contribution in [3.63, 3.8) is 0 Å². The first-order valence-electron chi connectivity index (χ1n) is 8.88. The van der Waals surface area contributed by atoms with Crippen LogP contribution in [0.1, 0.15) is 16.1 Å². The molecule has 0 spiro atoms. The normalized spacial score (nSPS) is 10.8. The number of nitro groups is 1. The fourth-order valence-corrected chi connectivity index (χ4v) is 3.62. The van der Waals surface area contributed by atoms with Crippen molar-refractivity contribution in [1.29, 1.82) is 0 Å². The summed E-state index contributed by atoms with van der Waals surface area (Å²) in [5.41, 5.74) is 1.14. The van der Waals surface area contributed by atoms with Crippen LogP contribution >= 0.6 is 11.8 Å². The van der Waals surface area contributed by atoms with E-state index in [1.54, 1.807) is 24.7 Å². The number of carbonyl (C=O) groups excluding carboxylic acids is 1. The van der Waals surface area contributed by atoms with E-state index in [2.05, 4.69) is 15.2 Å². The van der Waals surface area contributed by atoms with Crippen molar-refractivity contribution in [3.8, 4) is 11.4 Å². The summed E-state index contributed by atoms with van der Waals surface area (Å²) < 4.78 is 7.32. The Bertz CT molecular complexity index is 1160. The highest BCUT2D eigenvalue weighted by molar-refractivity contribution is 7.99. The molecular weight excluding hydrogens is 406 g/mol. The van der Waals surface area contributed by atoms with Crippen LogP contribution in [0.3, 0.4) is 0 Å². The van der Waals surface area contributed by atoms with E-state index >= 15 is 0 Å². The average Bonchev–Trinajstić information content (AvgIpc) is 3.43. The van der Waals surface area contributed by atoms with E-state index in [1.807, 2.05) is 22.8 Å². The summed E-state index contributed by atoms with van der Waals surface area (Å²) in [5.74, 6) is 1.29. The second-order valence-corrected chi connectivity index (χ2v) is 7.17. The molecule has 0 radical (unpaired) electrons. The number of non-ortho nitro benzene ring substituents is 1. The molecule has 0 fully saturated rings.